The van der Waals surface area contributed by atoms with Crippen molar-refractivity contribution >= 4 is 22.7 Å². The van der Waals surface area contributed by atoms with Crippen LogP contribution in [0.2, 0.25) is 0 Å². The predicted octanol–water partition coefficient (Wildman–Crippen LogP) is 4.80. The van der Waals surface area contributed by atoms with Gasteiger partial charge in [0, 0.05) is 43.1 Å². The smallest absolute Gasteiger partial charge is 0.0749 e. The number of thiophene rings is 2. The van der Waals surface area contributed by atoms with Crippen molar-refractivity contribution in [2.75, 3.05) is 0 Å². The van der Waals surface area contributed by atoms with E-state index < -0.39 is 0 Å². The van der Waals surface area contributed by atoms with Crippen molar-refractivity contribution in [2.24, 2.45) is 0 Å². The molecule has 4 heterocycles. The number of pyridine rings is 1. The molecule has 0 aliphatic rings. The normalized spacial score (nSPS) is 11.2. The number of rotatable bonds is 7. The fourth-order valence-electron chi connectivity index (χ4n) is 2.78. The Morgan fingerprint density at radius 1 is 0.960 bits per heavy atom. The number of nitrogens with zero attached hydrogens (tertiary/aromatic N) is 3. The van der Waals surface area contributed by atoms with E-state index in [0.717, 1.165) is 25.3 Å². The lowest BCUT2D eigenvalue weighted by atomic mass is 10.2. The van der Waals surface area contributed by atoms with Crippen molar-refractivity contribution in [3.63, 3.8) is 0 Å². The van der Waals surface area contributed by atoms with Crippen LogP contribution in [0.15, 0.2) is 65.7 Å². The third-order valence-electron chi connectivity index (χ3n) is 3.92. The molecule has 4 aromatic heterocycles. The van der Waals surface area contributed by atoms with Gasteiger partial charge in [-0.25, -0.2) is 0 Å². The molecule has 25 heavy (non-hydrogen) atoms. The van der Waals surface area contributed by atoms with Gasteiger partial charge in [-0.3, -0.25) is 15.0 Å². The molecule has 0 aromatic carbocycles. The van der Waals surface area contributed by atoms with E-state index in [1.165, 1.54) is 20.9 Å². The highest BCUT2D eigenvalue weighted by molar-refractivity contribution is 7.15. The second-order valence-electron chi connectivity index (χ2n) is 5.87. The minimum Gasteiger partial charge on any atom is -0.290 e. The van der Waals surface area contributed by atoms with Crippen molar-refractivity contribution in [1.29, 1.82) is 0 Å². The Labute approximate surface area is 154 Å². The van der Waals surface area contributed by atoms with Gasteiger partial charge in [0.2, 0.25) is 0 Å². The molecule has 6 heteroatoms. The van der Waals surface area contributed by atoms with Gasteiger partial charge >= 0.3 is 0 Å². The third-order valence-corrected chi connectivity index (χ3v) is 5.76. The largest absolute Gasteiger partial charge is 0.290 e. The van der Waals surface area contributed by atoms with Crippen LogP contribution in [0.25, 0.3) is 10.6 Å². The lowest BCUT2D eigenvalue weighted by Crippen LogP contribution is -2.21. The molecule has 0 spiro atoms. The van der Waals surface area contributed by atoms with E-state index >= 15 is 0 Å². The fraction of sp³-hybridized carbons (Fsp3) is 0.158. The summed E-state index contributed by atoms with van der Waals surface area (Å²) in [4.78, 5) is 9.28. The Balaban J connectivity index is 1.51. The van der Waals surface area contributed by atoms with Gasteiger partial charge in [0.05, 0.1) is 10.6 Å². The molecule has 0 aliphatic carbocycles. The van der Waals surface area contributed by atoms with Gasteiger partial charge in [0.15, 0.2) is 0 Å². The summed E-state index contributed by atoms with van der Waals surface area (Å²) < 4.78 is 0. The van der Waals surface area contributed by atoms with Gasteiger partial charge in [-0.1, -0.05) is 6.07 Å². The molecule has 4 nitrogen and oxygen atoms in total. The second-order valence-corrected chi connectivity index (χ2v) is 7.82. The summed E-state index contributed by atoms with van der Waals surface area (Å²) >= 11 is 3.57. The standard InChI is InChI=1S/C19H18N4S2/c1-2-15(10-20-7-1)11-23(12-16-6-9-24-14-16)13-17-3-4-19(25-17)18-5-8-21-22-18/h1-10,14H,11-13H2,(H,21,22). The highest BCUT2D eigenvalue weighted by atomic mass is 32.1. The fourth-order valence-corrected chi connectivity index (χ4v) is 4.46. The van der Waals surface area contributed by atoms with E-state index in [0.29, 0.717) is 0 Å². The monoisotopic (exact) mass is 366 g/mol. The molecule has 0 unspecified atom stereocenters. The molecular weight excluding hydrogens is 348 g/mol. The number of hydrogen-bond donors (Lipinski definition) is 1. The average Bonchev–Trinajstić information content (AvgIpc) is 3.38. The summed E-state index contributed by atoms with van der Waals surface area (Å²) in [5.74, 6) is 0. The van der Waals surface area contributed by atoms with Crippen LogP contribution < -0.4 is 0 Å². The van der Waals surface area contributed by atoms with E-state index in [2.05, 4.69) is 55.1 Å². The van der Waals surface area contributed by atoms with E-state index in [1.54, 1.807) is 17.5 Å². The maximum atomic E-state index is 4.25. The Morgan fingerprint density at radius 2 is 1.92 bits per heavy atom. The SMILES string of the molecule is c1cncc(CN(Cc2ccsc2)Cc2ccc(-c3ccn[nH]3)s2)c1. The molecule has 4 rings (SSSR count). The summed E-state index contributed by atoms with van der Waals surface area (Å²) in [5.41, 5.74) is 3.68. The van der Waals surface area contributed by atoms with E-state index in [1.807, 2.05) is 35.9 Å². The lowest BCUT2D eigenvalue weighted by Gasteiger charge is -2.21. The first kappa shape index (κ1) is 16.2. The summed E-state index contributed by atoms with van der Waals surface area (Å²) in [6.07, 6.45) is 5.56. The Hall–Kier alpha value is -2.28. The van der Waals surface area contributed by atoms with E-state index in [-0.39, 0.29) is 0 Å². The molecule has 0 amide bonds. The topological polar surface area (TPSA) is 44.8 Å². The molecule has 1 N–H and O–H groups in total. The molecular formula is C19H18N4S2. The van der Waals surface area contributed by atoms with E-state index in [4.69, 9.17) is 0 Å². The first-order valence-electron chi connectivity index (χ1n) is 8.07. The molecule has 4 aromatic rings. The minimum absolute atomic E-state index is 0.890. The van der Waals surface area contributed by atoms with Crippen molar-refractivity contribution in [2.45, 2.75) is 19.6 Å². The zero-order chi connectivity index (χ0) is 16.9. The molecule has 0 atom stereocenters. The van der Waals surface area contributed by atoms with Crippen LogP contribution in [-0.2, 0) is 19.6 Å². The molecule has 0 saturated heterocycles. The van der Waals surface area contributed by atoms with Crippen LogP contribution >= 0.6 is 22.7 Å². The van der Waals surface area contributed by atoms with Crippen LogP contribution in [-0.4, -0.2) is 20.1 Å². The van der Waals surface area contributed by atoms with Gasteiger partial charge in [-0.2, -0.15) is 16.4 Å². The van der Waals surface area contributed by atoms with Crippen LogP contribution in [0.5, 0.6) is 0 Å². The Kier molecular flexibility index (Phi) is 5.01. The van der Waals surface area contributed by atoms with Gasteiger partial charge in [0.25, 0.3) is 0 Å². The van der Waals surface area contributed by atoms with Crippen LogP contribution in [0.4, 0.5) is 0 Å². The quantitative estimate of drug-likeness (QED) is 0.511. The maximum Gasteiger partial charge on any atom is 0.0749 e. The second kappa shape index (κ2) is 7.74. The van der Waals surface area contributed by atoms with Crippen molar-refractivity contribution in [3.05, 3.63) is 81.8 Å². The third kappa shape index (κ3) is 4.22. The highest BCUT2D eigenvalue weighted by Gasteiger charge is 2.11. The van der Waals surface area contributed by atoms with Crippen LogP contribution in [0.1, 0.15) is 16.0 Å². The molecule has 126 valence electrons. The van der Waals surface area contributed by atoms with Crippen molar-refractivity contribution in [1.82, 2.24) is 20.1 Å². The number of aromatic amines is 1. The first-order valence-corrected chi connectivity index (χ1v) is 9.83. The van der Waals surface area contributed by atoms with Crippen LogP contribution in [0.3, 0.4) is 0 Å². The number of aromatic nitrogens is 3. The maximum absolute atomic E-state index is 4.25. The van der Waals surface area contributed by atoms with Crippen molar-refractivity contribution in [3.8, 4) is 10.6 Å². The van der Waals surface area contributed by atoms with Gasteiger partial charge in [-0.05, 0) is 52.2 Å². The van der Waals surface area contributed by atoms with Gasteiger partial charge < -0.3 is 0 Å². The Bertz CT molecular complexity index is 883. The molecule has 0 fully saturated rings. The van der Waals surface area contributed by atoms with Crippen molar-refractivity contribution < 1.29 is 0 Å². The minimum atomic E-state index is 0.890. The molecule has 0 saturated carbocycles. The highest BCUT2D eigenvalue weighted by Crippen LogP contribution is 2.28. The van der Waals surface area contributed by atoms with Crippen LogP contribution in [0, 0.1) is 0 Å². The molecule has 0 aliphatic heterocycles. The number of hydrogen-bond acceptors (Lipinski definition) is 5. The zero-order valence-corrected chi connectivity index (χ0v) is 15.3. The Morgan fingerprint density at radius 3 is 2.68 bits per heavy atom. The van der Waals surface area contributed by atoms with E-state index in [9.17, 15) is 0 Å². The molecule has 0 bridgehead atoms. The summed E-state index contributed by atoms with van der Waals surface area (Å²) in [7, 11) is 0. The summed E-state index contributed by atoms with van der Waals surface area (Å²) in [5, 5.41) is 11.4. The van der Waals surface area contributed by atoms with Gasteiger partial charge in [-0.15, -0.1) is 11.3 Å². The number of H-pyrrole nitrogens is 1. The summed E-state index contributed by atoms with van der Waals surface area (Å²) in [6, 6.07) is 12.7. The zero-order valence-electron chi connectivity index (χ0n) is 13.6. The first-order chi connectivity index (χ1) is 12.4. The molecule has 0 radical (unpaired) electrons. The predicted molar refractivity (Wildman–Crippen MR) is 103 cm³/mol. The average molecular weight is 367 g/mol. The lowest BCUT2D eigenvalue weighted by molar-refractivity contribution is 0.250. The summed E-state index contributed by atoms with van der Waals surface area (Å²) in [6.45, 7) is 2.75. The number of nitrogens with one attached hydrogen (secondary N) is 1. The van der Waals surface area contributed by atoms with Gasteiger partial charge in [0.1, 0.15) is 0 Å².